The molecule has 1 saturated carbocycles. The standard InChI is InChI=1S/C17H26O2/c1-13(2)15-10-6-7-11-17(15)19-12-16(18)14-8-4-3-5-9-14/h6-7,10-11,13-14,16,18H,3-5,8-9,12H2,1-2H3. The first-order valence-electron chi connectivity index (χ1n) is 7.58. The SMILES string of the molecule is CC(C)c1ccccc1OCC(O)C1CCCCC1. The van der Waals surface area contributed by atoms with Crippen LogP contribution < -0.4 is 4.74 Å². The molecule has 0 amide bonds. The van der Waals surface area contributed by atoms with Crippen LogP contribution in [0.1, 0.15) is 57.4 Å². The summed E-state index contributed by atoms with van der Waals surface area (Å²) in [5.74, 6) is 1.80. The number of rotatable bonds is 5. The summed E-state index contributed by atoms with van der Waals surface area (Å²) in [7, 11) is 0. The molecule has 19 heavy (non-hydrogen) atoms. The molecule has 1 unspecified atom stereocenters. The highest BCUT2D eigenvalue weighted by Gasteiger charge is 2.22. The minimum atomic E-state index is -0.319. The smallest absolute Gasteiger partial charge is 0.122 e. The zero-order chi connectivity index (χ0) is 13.7. The molecule has 2 rings (SSSR count). The molecule has 0 aromatic heterocycles. The Morgan fingerprint density at radius 3 is 2.53 bits per heavy atom. The average molecular weight is 262 g/mol. The van der Waals surface area contributed by atoms with E-state index in [0.29, 0.717) is 18.4 Å². The minimum absolute atomic E-state index is 0.319. The van der Waals surface area contributed by atoms with Crippen molar-refractivity contribution in [3.63, 3.8) is 0 Å². The van der Waals surface area contributed by atoms with E-state index < -0.39 is 0 Å². The van der Waals surface area contributed by atoms with Gasteiger partial charge in [0.1, 0.15) is 12.4 Å². The third-order valence-electron chi connectivity index (χ3n) is 4.14. The van der Waals surface area contributed by atoms with Gasteiger partial charge in [-0.15, -0.1) is 0 Å². The Bertz CT molecular complexity index is 381. The number of aliphatic hydroxyl groups excluding tert-OH is 1. The van der Waals surface area contributed by atoms with Crippen LogP contribution in [0.15, 0.2) is 24.3 Å². The summed E-state index contributed by atoms with van der Waals surface area (Å²) < 4.78 is 5.86. The molecule has 0 bridgehead atoms. The molecule has 2 nitrogen and oxygen atoms in total. The molecular formula is C17H26O2. The molecule has 0 radical (unpaired) electrons. The lowest BCUT2D eigenvalue weighted by atomic mass is 9.85. The molecule has 1 aromatic rings. The van der Waals surface area contributed by atoms with Crippen molar-refractivity contribution in [2.45, 2.75) is 58.0 Å². The van der Waals surface area contributed by atoms with Crippen molar-refractivity contribution in [3.05, 3.63) is 29.8 Å². The number of benzene rings is 1. The van der Waals surface area contributed by atoms with E-state index in [0.717, 1.165) is 18.6 Å². The first kappa shape index (κ1) is 14.4. The van der Waals surface area contributed by atoms with Crippen molar-refractivity contribution in [1.82, 2.24) is 0 Å². The minimum Gasteiger partial charge on any atom is -0.491 e. The third kappa shape index (κ3) is 3.97. The van der Waals surface area contributed by atoms with Crippen molar-refractivity contribution in [3.8, 4) is 5.75 Å². The van der Waals surface area contributed by atoms with Crippen LogP contribution in [-0.2, 0) is 0 Å². The zero-order valence-corrected chi connectivity index (χ0v) is 12.1. The average Bonchev–Trinajstić information content (AvgIpc) is 2.46. The molecule has 1 aliphatic rings. The molecule has 0 heterocycles. The van der Waals surface area contributed by atoms with Gasteiger partial charge in [-0.3, -0.25) is 0 Å². The van der Waals surface area contributed by atoms with E-state index in [1.54, 1.807) is 0 Å². The normalized spacial score (nSPS) is 18.5. The van der Waals surface area contributed by atoms with Crippen molar-refractivity contribution < 1.29 is 9.84 Å². The van der Waals surface area contributed by atoms with Crippen molar-refractivity contribution in [2.24, 2.45) is 5.92 Å². The van der Waals surface area contributed by atoms with Gasteiger partial charge in [0, 0.05) is 0 Å². The van der Waals surface area contributed by atoms with Gasteiger partial charge >= 0.3 is 0 Å². The zero-order valence-electron chi connectivity index (χ0n) is 12.1. The van der Waals surface area contributed by atoms with Crippen LogP contribution in [-0.4, -0.2) is 17.8 Å². The highest BCUT2D eigenvalue weighted by atomic mass is 16.5. The molecular weight excluding hydrogens is 236 g/mol. The summed E-state index contributed by atoms with van der Waals surface area (Å²) in [6.45, 7) is 4.76. The van der Waals surface area contributed by atoms with Gasteiger partial charge in [-0.2, -0.15) is 0 Å². The maximum Gasteiger partial charge on any atom is 0.122 e. The van der Waals surface area contributed by atoms with E-state index in [9.17, 15) is 5.11 Å². The molecule has 1 aliphatic carbocycles. The van der Waals surface area contributed by atoms with E-state index in [2.05, 4.69) is 19.9 Å². The Labute approximate surface area is 116 Å². The fourth-order valence-corrected chi connectivity index (χ4v) is 2.92. The molecule has 0 saturated heterocycles. The fraction of sp³-hybridized carbons (Fsp3) is 0.647. The Morgan fingerprint density at radius 1 is 1.16 bits per heavy atom. The maximum atomic E-state index is 10.2. The fourth-order valence-electron chi connectivity index (χ4n) is 2.92. The highest BCUT2D eigenvalue weighted by molar-refractivity contribution is 5.35. The van der Waals surface area contributed by atoms with Crippen LogP contribution in [0, 0.1) is 5.92 Å². The number of hydrogen-bond donors (Lipinski definition) is 1. The van der Waals surface area contributed by atoms with E-state index in [1.165, 1.54) is 24.8 Å². The molecule has 1 fully saturated rings. The summed E-state index contributed by atoms with van der Waals surface area (Å²) >= 11 is 0. The Morgan fingerprint density at radius 2 is 1.84 bits per heavy atom. The molecule has 1 aromatic carbocycles. The van der Waals surface area contributed by atoms with Gasteiger partial charge in [-0.25, -0.2) is 0 Å². The number of ether oxygens (including phenoxy) is 1. The summed E-state index contributed by atoms with van der Waals surface area (Å²) in [4.78, 5) is 0. The van der Waals surface area contributed by atoms with Gasteiger partial charge in [-0.1, -0.05) is 51.3 Å². The largest absolute Gasteiger partial charge is 0.491 e. The van der Waals surface area contributed by atoms with Crippen LogP contribution in [0.4, 0.5) is 0 Å². The maximum absolute atomic E-state index is 10.2. The Balaban J connectivity index is 1.91. The van der Waals surface area contributed by atoms with E-state index in [1.807, 2.05) is 18.2 Å². The first-order chi connectivity index (χ1) is 9.18. The van der Waals surface area contributed by atoms with Gasteiger partial charge in [-0.05, 0) is 36.3 Å². The summed E-state index contributed by atoms with van der Waals surface area (Å²) in [6.07, 6.45) is 5.81. The predicted octanol–water partition coefficient (Wildman–Crippen LogP) is 4.13. The van der Waals surface area contributed by atoms with Crippen LogP contribution in [0.5, 0.6) is 5.75 Å². The highest BCUT2D eigenvalue weighted by Crippen LogP contribution is 2.29. The first-order valence-corrected chi connectivity index (χ1v) is 7.58. The van der Waals surface area contributed by atoms with E-state index in [4.69, 9.17) is 4.74 Å². The summed E-state index contributed by atoms with van der Waals surface area (Å²) in [6, 6.07) is 8.14. The van der Waals surface area contributed by atoms with Crippen LogP contribution in [0.25, 0.3) is 0 Å². The molecule has 106 valence electrons. The molecule has 1 atom stereocenters. The second kappa shape index (κ2) is 6.95. The topological polar surface area (TPSA) is 29.5 Å². The van der Waals surface area contributed by atoms with Crippen molar-refractivity contribution >= 4 is 0 Å². The van der Waals surface area contributed by atoms with Crippen molar-refractivity contribution in [1.29, 1.82) is 0 Å². The number of hydrogen-bond acceptors (Lipinski definition) is 2. The lowest BCUT2D eigenvalue weighted by Crippen LogP contribution is -2.29. The third-order valence-corrected chi connectivity index (χ3v) is 4.14. The van der Waals surface area contributed by atoms with E-state index in [-0.39, 0.29) is 6.10 Å². The lowest BCUT2D eigenvalue weighted by molar-refractivity contribution is 0.0410. The van der Waals surface area contributed by atoms with Gasteiger partial charge in [0.2, 0.25) is 0 Å². The van der Waals surface area contributed by atoms with Gasteiger partial charge in [0.05, 0.1) is 6.10 Å². The van der Waals surface area contributed by atoms with Gasteiger partial charge in [0.15, 0.2) is 0 Å². The molecule has 0 aliphatic heterocycles. The molecule has 0 spiro atoms. The van der Waals surface area contributed by atoms with Gasteiger partial charge < -0.3 is 9.84 Å². The van der Waals surface area contributed by atoms with Crippen molar-refractivity contribution in [2.75, 3.05) is 6.61 Å². The monoisotopic (exact) mass is 262 g/mol. The second-order valence-electron chi connectivity index (χ2n) is 5.97. The molecule has 1 N–H and O–H groups in total. The summed E-state index contributed by atoms with van der Waals surface area (Å²) in [5, 5.41) is 10.2. The molecule has 2 heteroatoms. The van der Waals surface area contributed by atoms with Crippen LogP contribution in [0.3, 0.4) is 0 Å². The van der Waals surface area contributed by atoms with Crippen LogP contribution >= 0.6 is 0 Å². The number of para-hydroxylation sites is 1. The van der Waals surface area contributed by atoms with Gasteiger partial charge in [0.25, 0.3) is 0 Å². The quantitative estimate of drug-likeness (QED) is 0.864. The Hall–Kier alpha value is -1.02. The van der Waals surface area contributed by atoms with Crippen LogP contribution in [0.2, 0.25) is 0 Å². The predicted molar refractivity (Wildman–Crippen MR) is 78.6 cm³/mol. The lowest BCUT2D eigenvalue weighted by Gasteiger charge is -2.27. The number of aliphatic hydroxyl groups is 1. The Kier molecular flexibility index (Phi) is 5.26. The van der Waals surface area contributed by atoms with E-state index >= 15 is 0 Å². The summed E-state index contributed by atoms with van der Waals surface area (Å²) in [5.41, 5.74) is 1.22. The second-order valence-corrected chi connectivity index (χ2v) is 5.97.